The molecule has 1 aliphatic heterocycles. The van der Waals surface area contributed by atoms with Crippen molar-refractivity contribution in [2.24, 2.45) is 0 Å². The lowest BCUT2D eigenvalue weighted by atomic mass is 9.78. The van der Waals surface area contributed by atoms with E-state index in [2.05, 4.69) is 16.0 Å². The molecule has 3 rings (SSSR count). The number of nitrogens with one attached hydrogen (secondary N) is 3. The number of carbonyl (C=O) groups excluding carboxylic acids is 3. The lowest BCUT2D eigenvalue weighted by Crippen LogP contribution is -2.41. The van der Waals surface area contributed by atoms with Gasteiger partial charge in [-0.25, -0.2) is 9.59 Å². The molecular weight excluding hydrogens is 527 g/mol. The van der Waals surface area contributed by atoms with Crippen molar-refractivity contribution in [3.05, 3.63) is 48.0 Å². The molecule has 0 bridgehead atoms. The molecule has 3 amide bonds. The quantitative estimate of drug-likeness (QED) is 0.392. The Balaban J connectivity index is 1.78. The van der Waals surface area contributed by atoms with Crippen LogP contribution in [0, 0.1) is 0 Å². The smallest absolute Gasteiger partial charge is 0.448 e. The summed E-state index contributed by atoms with van der Waals surface area (Å²) in [5.41, 5.74) is 0.344. The maximum Gasteiger partial charge on any atom is 0.494 e. The number of hydrogen-bond donors (Lipinski definition) is 3. The van der Waals surface area contributed by atoms with Crippen molar-refractivity contribution < 1.29 is 33.2 Å². The van der Waals surface area contributed by atoms with Gasteiger partial charge in [-0.3, -0.25) is 15.4 Å². The van der Waals surface area contributed by atoms with Crippen LogP contribution in [-0.2, 0) is 18.8 Å². The highest BCUT2D eigenvalue weighted by Gasteiger charge is 2.51. The zero-order valence-electron chi connectivity index (χ0n) is 25.3. The fraction of sp³-hybridized carbons (Fsp3) is 0.483. The number of ether oxygens (including phenoxy) is 2. The van der Waals surface area contributed by atoms with Crippen molar-refractivity contribution in [1.82, 2.24) is 4.90 Å². The SMILES string of the molecule is CN(C)CCOC(=O)Nc1ccc(C(=O)Nc2cc(B3OC(C)(C)C(C)(C)O3)ccc2NC(=O)OC(C)(C)C)cc1. The van der Waals surface area contributed by atoms with Crippen molar-refractivity contribution in [3.8, 4) is 0 Å². The molecule has 11 nitrogen and oxygen atoms in total. The third-order valence-corrected chi connectivity index (χ3v) is 6.62. The first-order valence-corrected chi connectivity index (χ1v) is 13.5. The van der Waals surface area contributed by atoms with E-state index >= 15 is 0 Å². The number of likely N-dealkylation sites (N-methyl/N-ethyl adjacent to an activating group) is 1. The van der Waals surface area contributed by atoms with Crippen LogP contribution in [-0.4, -0.2) is 74.2 Å². The lowest BCUT2D eigenvalue weighted by molar-refractivity contribution is 0.00578. The Kier molecular flexibility index (Phi) is 9.73. The van der Waals surface area contributed by atoms with Gasteiger partial charge >= 0.3 is 19.3 Å². The summed E-state index contributed by atoms with van der Waals surface area (Å²) in [6.07, 6.45) is -1.24. The van der Waals surface area contributed by atoms with E-state index in [1.54, 1.807) is 63.2 Å². The van der Waals surface area contributed by atoms with Crippen molar-refractivity contribution >= 4 is 47.7 Å². The third-order valence-electron chi connectivity index (χ3n) is 6.62. The second-order valence-electron chi connectivity index (χ2n) is 12.1. The number of hydrogen-bond acceptors (Lipinski definition) is 8. The van der Waals surface area contributed by atoms with Crippen LogP contribution >= 0.6 is 0 Å². The van der Waals surface area contributed by atoms with Crippen LogP contribution in [0.25, 0.3) is 0 Å². The van der Waals surface area contributed by atoms with Crippen LogP contribution in [0.1, 0.15) is 58.8 Å². The van der Waals surface area contributed by atoms with E-state index in [4.69, 9.17) is 18.8 Å². The van der Waals surface area contributed by atoms with Crippen molar-refractivity contribution in [2.75, 3.05) is 43.2 Å². The van der Waals surface area contributed by atoms with E-state index in [0.29, 0.717) is 34.6 Å². The second kappa shape index (κ2) is 12.5. The summed E-state index contributed by atoms with van der Waals surface area (Å²) < 4.78 is 22.9. The number of carbonyl (C=O) groups is 3. The number of anilines is 3. The van der Waals surface area contributed by atoms with E-state index in [9.17, 15) is 14.4 Å². The van der Waals surface area contributed by atoms with Crippen LogP contribution < -0.4 is 21.4 Å². The van der Waals surface area contributed by atoms with Crippen LogP contribution in [0.15, 0.2) is 42.5 Å². The topological polar surface area (TPSA) is 127 Å². The van der Waals surface area contributed by atoms with Gasteiger partial charge in [-0.15, -0.1) is 0 Å². The van der Waals surface area contributed by atoms with E-state index < -0.39 is 42.0 Å². The summed E-state index contributed by atoms with van der Waals surface area (Å²) in [7, 11) is 3.10. The van der Waals surface area contributed by atoms with Gasteiger partial charge in [-0.2, -0.15) is 0 Å². The Morgan fingerprint density at radius 1 is 0.854 bits per heavy atom. The van der Waals surface area contributed by atoms with Gasteiger partial charge in [0.05, 0.1) is 22.6 Å². The molecule has 1 heterocycles. The van der Waals surface area contributed by atoms with E-state index in [1.807, 2.05) is 46.7 Å². The molecule has 222 valence electrons. The minimum atomic E-state index is -0.704. The second-order valence-corrected chi connectivity index (χ2v) is 12.1. The number of nitrogens with zero attached hydrogens (tertiary/aromatic N) is 1. The number of rotatable bonds is 8. The fourth-order valence-electron chi connectivity index (χ4n) is 3.69. The van der Waals surface area contributed by atoms with Gasteiger partial charge < -0.3 is 29.0 Å². The molecule has 3 N–H and O–H groups in total. The molecule has 12 heteroatoms. The maximum atomic E-state index is 13.2. The molecule has 2 aromatic carbocycles. The first kappa shape index (κ1) is 31.9. The predicted octanol–water partition coefficient (Wildman–Crippen LogP) is 4.70. The van der Waals surface area contributed by atoms with Gasteiger partial charge in [0, 0.05) is 17.8 Å². The Hall–Kier alpha value is -3.61. The Bertz CT molecular complexity index is 1240. The van der Waals surface area contributed by atoms with Crippen LogP contribution in [0.4, 0.5) is 26.7 Å². The summed E-state index contributed by atoms with van der Waals surface area (Å²) in [5, 5.41) is 8.20. The van der Waals surface area contributed by atoms with Gasteiger partial charge in [0.1, 0.15) is 12.2 Å². The van der Waals surface area contributed by atoms with Gasteiger partial charge in [0.25, 0.3) is 5.91 Å². The third kappa shape index (κ3) is 8.94. The van der Waals surface area contributed by atoms with E-state index in [-0.39, 0.29) is 6.61 Å². The highest BCUT2D eigenvalue weighted by Crippen LogP contribution is 2.37. The monoisotopic (exact) mass is 568 g/mol. The standard InChI is InChI=1S/C29H41BN4O7/c1-27(2,3)39-26(37)33-22-15-12-20(30-40-28(4,5)29(6,7)41-30)18-23(22)32-24(35)19-10-13-21(14-11-19)31-25(36)38-17-16-34(8)9/h10-15,18H,16-17H2,1-9H3,(H,31,36)(H,32,35)(H,33,37). The largest absolute Gasteiger partial charge is 0.494 e. The molecule has 0 aliphatic carbocycles. The molecule has 0 saturated carbocycles. The molecule has 1 saturated heterocycles. The van der Waals surface area contributed by atoms with Crippen molar-refractivity contribution in [1.29, 1.82) is 0 Å². The zero-order valence-corrected chi connectivity index (χ0v) is 25.3. The molecular formula is C29H41BN4O7. The van der Waals surface area contributed by atoms with Crippen LogP contribution in [0.2, 0.25) is 0 Å². The van der Waals surface area contributed by atoms with Crippen LogP contribution in [0.3, 0.4) is 0 Å². The van der Waals surface area contributed by atoms with E-state index in [1.165, 1.54) is 0 Å². The van der Waals surface area contributed by atoms with Gasteiger partial charge in [0.15, 0.2) is 0 Å². The van der Waals surface area contributed by atoms with Gasteiger partial charge in [-0.1, -0.05) is 6.07 Å². The molecule has 0 radical (unpaired) electrons. The summed E-state index contributed by atoms with van der Waals surface area (Å²) >= 11 is 0. The number of benzene rings is 2. The van der Waals surface area contributed by atoms with Crippen molar-refractivity contribution in [3.63, 3.8) is 0 Å². The number of amides is 3. The fourth-order valence-corrected chi connectivity index (χ4v) is 3.69. The Labute approximate surface area is 242 Å². The summed E-state index contributed by atoms with van der Waals surface area (Å²) in [6.45, 7) is 14.0. The van der Waals surface area contributed by atoms with Crippen molar-refractivity contribution in [2.45, 2.75) is 65.3 Å². The summed E-state index contributed by atoms with van der Waals surface area (Å²) in [6, 6.07) is 11.5. The van der Waals surface area contributed by atoms with Crippen LogP contribution in [0.5, 0.6) is 0 Å². The zero-order chi connectivity index (χ0) is 30.6. The molecule has 0 unspecified atom stereocenters. The highest BCUT2D eigenvalue weighted by molar-refractivity contribution is 6.62. The van der Waals surface area contributed by atoms with Gasteiger partial charge in [-0.05, 0) is 104 Å². The lowest BCUT2D eigenvalue weighted by Gasteiger charge is -2.32. The summed E-state index contributed by atoms with van der Waals surface area (Å²) in [4.78, 5) is 39.6. The maximum absolute atomic E-state index is 13.2. The van der Waals surface area contributed by atoms with Gasteiger partial charge in [0.2, 0.25) is 0 Å². The molecule has 1 aliphatic rings. The first-order chi connectivity index (χ1) is 19.0. The van der Waals surface area contributed by atoms with E-state index in [0.717, 1.165) is 0 Å². The molecule has 0 aromatic heterocycles. The summed E-state index contributed by atoms with van der Waals surface area (Å²) in [5.74, 6) is -0.427. The minimum Gasteiger partial charge on any atom is -0.448 e. The Morgan fingerprint density at radius 3 is 2.02 bits per heavy atom. The average molecular weight is 568 g/mol. The average Bonchev–Trinajstić information content (AvgIpc) is 3.05. The first-order valence-electron chi connectivity index (χ1n) is 13.5. The normalized spacial score (nSPS) is 15.8. The highest BCUT2D eigenvalue weighted by atomic mass is 16.7. The molecule has 0 spiro atoms. The molecule has 1 fully saturated rings. The Morgan fingerprint density at radius 2 is 1.46 bits per heavy atom. The molecule has 2 aromatic rings. The molecule has 0 atom stereocenters. The minimum absolute atomic E-state index is 0.254. The predicted molar refractivity (Wildman–Crippen MR) is 160 cm³/mol. The molecule has 41 heavy (non-hydrogen) atoms.